The molecule has 3 rings (SSSR count). The summed E-state index contributed by atoms with van der Waals surface area (Å²) in [5.74, 6) is 1.68. The molecule has 136 valence electrons. The minimum atomic E-state index is -3.65. The maximum Gasteiger partial charge on any atom is 0.240 e. The molecule has 1 N–H and O–H groups in total. The molecule has 0 spiro atoms. The molecule has 7 heteroatoms. The third-order valence-electron chi connectivity index (χ3n) is 3.79. The van der Waals surface area contributed by atoms with Crippen molar-refractivity contribution in [3.05, 3.63) is 66.1 Å². The van der Waals surface area contributed by atoms with E-state index in [0.29, 0.717) is 29.7 Å². The Morgan fingerprint density at radius 2 is 1.77 bits per heavy atom. The first-order chi connectivity index (χ1) is 12.5. The molecule has 0 unspecified atom stereocenters. The van der Waals surface area contributed by atoms with Gasteiger partial charge < -0.3 is 9.15 Å². The molecular formula is C19H20N2O4S. The number of aryl methyl sites for hydroxylation is 1. The number of hydrogen-bond donors (Lipinski definition) is 1. The molecule has 6 nitrogen and oxygen atoms in total. The van der Waals surface area contributed by atoms with Gasteiger partial charge in [-0.05, 0) is 50.2 Å². The predicted molar refractivity (Wildman–Crippen MR) is 98.3 cm³/mol. The topological polar surface area (TPSA) is 81.4 Å². The first kappa shape index (κ1) is 18.2. The van der Waals surface area contributed by atoms with E-state index in [1.807, 2.05) is 37.3 Å². The van der Waals surface area contributed by atoms with Gasteiger partial charge in [0.05, 0.1) is 23.7 Å². The molecule has 0 bridgehead atoms. The van der Waals surface area contributed by atoms with Gasteiger partial charge in [-0.2, -0.15) is 0 Å². The fourth-order valence-corrected chi connectivity index (χ4v) is 3.41. The molecule has 0 saturated heterocycles. The van der Waals surface area contributed by atoms with E-state index in [4.69, 9.17) is 9.15 Å². The Morgan fingerprint density at radius 1 is 1.08 bits per heavy atom. The summed E-state index contributed by atoms with van der Waals surface area (Å²) >= 11 is 0. The summed E-state index contributed by atoms with van der Waals surface area (Å²) in [6.07, 6.45) is 0. The minimum Gasteiger partial charge on any atom is -0.494 e. The van der Waals surface area contributed by atoms with Gasteiger partial charge in [0.1, 0.15) is 11.5 Å². The van der Waals surface area contributed by atoms with Crippen molar-refractivity contribution in [2.24, 2.45) is 0 Å². The summed E-state index contributed by atoms with van der Waals surface area (Å²) < 4.78 is 38.4. The first-order valence-corrected chi connectivity index (χ1v) is 9.72. The van der Waals surface area contributed by atoms with Crippen LogP contribution < -0.4 is 9.46 Å². The fourth-order valence-electron chi connectivity index (χ4n) is 2.42. The highest BCUT2D eigenvalue weighted by Gasteiger charge is 2.17. The lowest BCUT2D eigenvalue weighted by Gasteiger charge is -2.07. The van der Waals surface area contributed by atoms with Gasteiger partial charge in [0.15, 0.2) is 0 Å². The van der Waals surface area contributed by atoms with Crippen molar-refractivity contribution in [3.8, 4) is 17.2 Å². The quantitative estimate of drug-likeness (QED) is 0.686. The number of rotatable bonds is 7. The van der Waals surface area contributed by atoms with Gasteiger partial charge >= 0.3 is 0 Å². The molecule has 1 heterocycles. The Labute approximate surface area is 152 Å². The SMILES string of the molecule is CCOc1ccc(S(=O)(=O)NCc2nc(-c3ccccc3)oc2C)cc1. The molecule has 0 aliphatic rings. The molecule has 0 aliphatic heterocycles. The van der Waals surface area contributed by atoms with Gasteiger partial charge in [0.2, 0.25) is 15.9 Å². The molecule has 0 saturated carbocycles. The van der Waals surface area contributed by atoms with E-state index in [0.717, 1.165) is 5.56 Å². The standard InChI is InChI=1S/C19H20N2O4S/c1-3-24-16-9-11-17(12-10-16)26(22,23)20-13-18-14(2)25-19(21-18)15-7-5-4-6-8-15/h4-12,20H,3,13H2,1-2H3. The molecule has 26 heavy (non-hydrogen) atoms. The summed E-state index contributed by atoms with van der Waals surface area (Å²) in [4.78, 5) is 4.57. The van der Waals surface area contributed by atoms with Crippen LogP contribution in [-0.2, 0) is 16.6 Å². The normalized spacial score (nSPS) is 11.5. The number of nitrogens with zero attached hydrogens (tertiary/aromatic N) is 1. The lowest BCUT2D eigenvalue weighted by atomic mass is 10.2. The van der Waals surface area contributed by atoms with E-state index in [-0.39, 0.29) is 11.4 Å². The molecule has 0 radical (unpaired) electrons. The zero-order chi connectivity index (χ0) is 18.6. The Balaban J connectivity index is 1.73. The van der Waals surface area contributed by atoms with E-state index in [1.165, 1.54) is 12.1 Å². The second-order valence-corrected chi connectivity index (χ2v) is 7.38. The molecule has 2 aromatic carbocycles. The number of benzene rings is 2. The van der Waals surface area contributed by atoms with Crippen LogP contribution in [0.5, 0.6) is 5.75 Å². The minimum absolute atomic E-state index is 0.0533. The van der Waals surface area contributed by atoms with E-state index < -0.39 is 10.0 Å². The van der Waals surface area contributed by atoms with E-state index in [9.17, 15) is 8.42 Å². The Bertz CT molecular complexity index is 965. The third-order valence-corrected chi connectivity index (χ3v) is 5.21. The summed E-state index contributed by atoms with van der Waals surface area (Å²) in [5, 5.41) is 0. The Hall–Kier alpha value is -2.64. The average molecular weight is 372 g/mol. The van der Waals surface area contributed by atoms with Crippen LogP contribution in [0.2, 0.25) is 0 Å². The highest BCUT2D eigenvalue weighted by atomic mass is 32.2. The molecule has 0 fully saturated rings. The fraction of sp³-hybridized carbons (Fsp3) is 0.211. The van der Waals surface area contributed by atoms with Crippen molar-refractivity contribution < 1.29 is 17.6 Å². The summed E-state index contributed by atoms with van der Waals surface area (Å²) in [5.41, 5.74) is 1.40. The number of ether oxygens (including phenoxy) is 1. The predicted octanol–water partition coefficient (Wildman–Crippen LogP) is 3.53. The van der Waals surface area contributed by atoms with Gasteiger partial charge in [-0.15, -0.1) is 0 Å². The van der Waals surface area contributed by atoms with Gasteiger partial charge in [-0.3, -0.25) is 0 Å². The maximum atomic E-state index is 12.5. The molecule has 1 aromatic heterocycles. The zero-order valence-electron chi connectivity index (χ0n) is 14.6. The lowest BCUT2D eigenvalue weighted by molar-refractivity contribution is 0.340. The van der Waals surface area contributed by atoms with Crippen molar-refractivity contribution in [2.75, 3.05) is 6.61 Å². The zero-order valence-corrected chi connectivity index (χ0v) is 15.4. The largest absolute Gasteiger partial charge is 0.494 e. The van der Waals surface area contributed by atoms with Gasteiger partial charge in [0.25, 0.3) is 0 Å². The van der Waals surface area contributed by atoms with Crippen LogP contribution >= 0.6 is 0 Å². The monoisotopic (exact) mass is 372 g/mol. The Morgan fingerprint density at radius 3 is 2.42 bits per heavy atom. The highest BCUT2D eigenvalue weighted by Crippen LogP contribution is 2.22. The molecule has 3 aromatic rings. The molecular weight excluding hydrogens is 352 g/mol. The smallest absolute Gasteiger partial charge is 0.240 e. The second kappa shape index (κ2) is 7.72. The van der Waals surface area contributed by atoms with Gasteiger partial charge in [-0.1, -0.05) is 18.2 Å². The summed E-state index contributed by atoms with van der Waals surface area (Å²) in [6.45, 7) is 4.22. The Kier molecular flexibility index (Phi) is 5.39. The molecule has 0 atom stereocenters. The maximum absolute atomic E-state index is 12.5. The van der Waals surface area contributed by atoms with E-state index in [1.54, 1.807) is 19.1 Å². The number of aromatic nitrogens is 1. The average Bonchev–Trinajstić information content (AvgIpc) is 3.02. The number of hydrogen-bond acceptors (Lipinski definition) is 5. The molecule has 0 aliphatic carbocycles. The van der Waals surface area contributed by atoms with Gasteiger partial charge in [0, 0.05) is 5.56 Å². The van der Waals surface area contributed by atoms with Crippen molar-refractivity contribution in [3.63, 3.8) is 0 Å². The van der Waals surface area contributed by atoms with Crippen LogP contribution in [0.25, 0.3) is 11.5 Å². The number of nitrogens with one attached hydrogen (secondary N) is 1. The summed E-state index contributed by atoms with van der Waals surface area (Å²) in [7, 11) is -3.65. The first-order valence-electron chi connectivity index (χ1n) is 8.24. The van der Waals surface area contributed by atoms with Gasteiger partial charge in [-0.25, -0.2) is 18.1 Å². The second-order valence-electron chi connectivity index (χ2n) is 5.62. The summed E-state index contributed by atoms with van der Waals surface area (Å²) in [6, 6.07) is 15.8. The van der Waals surface area contributed by atoms with Crippen LogP contribution in [0, 0.1) is 6.92 Å². The van der Waals surface area contributed by atoms with Crippen LogP contribution in [0.15, 0.2) is 63.9 Å². The number of sulfonamides is 1. The van der Waals surface area contributed by atoms with Crippen LogP contribution in [0.1, 0.15) is 18.4 Å². The van der Waals surface area contributed by atoms with Crippen molar-refractivity contribution in [1.82, 2.24) is 9.71 Å². The van der Waals surface area contributed by atoms with Crippen LogP contribution in [0.4, 0.5) is 0 Å². The number of oxazole rings is 1. The molecule has 0 amide bonds. The van der Waals surface area contributed by atoms with Crippen LogP contribution in [0.3, 0.4) is 0 Å². The van der Waals surface area contributed by atoms with Crippen molar-refractivity contribution >= 4 is 10.0 Å². The van der Waals surface area contributed by atoms with E-state index in [2.05, 4.69) is 9.71 Å². The highest BCUT2D eigenvalue weighted by molar-refractivity contribution is 7.89. The van der Waals surface area contributed by atoms with Crippen molar-refractivity contribution in [2.45, 2.75) is 25.3 Å². The van der Waals surface area contributed by atoms with Crippen molar-refractivity contribution in [1.29, 1.82) is 0 Å². The third kappa shape index (κ3) is 4.12. The lowest BCUT2D eigenvalue weighted by Crippen LogP contribution is -2.23. The van der Waals surface area contributed by atoms with Crippen LogP contribution in [-0.4, -0.2) is 20.0 Å². The van der Waals surface area contributed by atoms with E-state index >= 15 is 0 Å².